The van der Waals surface area contributed by atoms with Crippen LogP contribution in [0.2, 0.25) is 0 Å². The van der Waals surface area contributed by atoms with Crippen LogP contribution in [0.3, 0.4) is 0 Å². The van der Waals surface area contributed by atoms with Gasteiger partial charge in [-0.15, -0.1) is 12.4 Å². The first-order valence-electron chi connectivity index (χ1n) is 7.85. The van der Waals surface area contributed by atoms with E-state index in [1.807, 2.05) is 0 Å². The molecule has 2 aliphatic heterocycles. The average molecular weight is 376 g/mol. The summed E-state index contributed by atoms with van der Waals surface area (Å²) < 4.78 is 32.9. The highest BCUT2D eigenvalue weighted by Crippen LogP contribution is 2.28. The van der Waals surface area contributed by atoms with Gasteiger partial charge in [-0.2, -0.15) is 0 Å². The minimum atomic E-state index is -1.07. The lowest BCUT2D eigenvalue weighted by Crippen LogP contribution is -2.59. The van der Waals surface area contributed by atoms with E-state index in [9.17, 15) is 18.4 Å². The minimum Gasteiger partial charge on any atom is -0.381 e. The van der Waals surface area contributed by atoms with Crippen LogP contribution in [-0.2, 0) is 14.3 Å². The molecule has 9 heteroatoms. The fourth-order valence-corrected chi connectivity index (χ4v) is 3.05. The maximum absolute atomic E-state index is 13.9. The van der Waals surface area contributed by atoms with E-state index in [4.69, 9.17) is 10.5 Å². The van der Waals surface area contributed by atoms with Gasteiger partial charge in [0, 0.05) is 19.8 Å². The van der Waals surface area contributed by atoms with Crippen molar-refractivity contribution in [1.82, 2.24) is 5.32 Å². The highest BCUT2D eigenvalue weighted by molar-refractivity contribution is 6.02. The molecule has 2 heterocycles. The maximum atomic E-state index is 13.9. The predicted molar refractivity (Wildman–Crippen MR) is 89.5 cm³/mol. The lowest BCUT2D eigenvalue weighted by atomic mass is 9.90. The van der Waals surface area contributed by atoms with Gasteiger partial charge in [0.1, 0.15) is 23.4 Å². The van der Waals surface area contributed by atoms with Crippen molar-refractivity contribution in [1.29, 1.82) is 0 Å². The molecule has 2 fully saturated rings. The average Bonchev–Trinajstić information content (AvgIpc) is 2.89. The Bertz CT molecular complexity index is 648. The molecule has 2 saturated heterocycles. The second-order valence-corrected chi connectivity index (χ2v) is 6.14. The Hall–Kier alpha value is -1.77. The van der Waals surface area contributed by atoms with Crippen LogP contribution in [-0.4, -0.2) is 43.2 Å². The standard InChI is InChI=1S/C16H19F2N3O3.ClH/c17-10-2-1-3-11(18)13(10)21-7-4-12(14(21)22)20-15(23)16(19)5-8-24-9-6-16;/h1-3,12H,4-9,19H2,(H,20,23);1H. The van der Waals surface area contributed by atoms with Crippen molar-refractivity contribution < 1.29 is 23.1 Å². The Labute approximate surface area is 150 Å². The largest absolute Gasteiger partial charge is 0.381 e. The molecule has 1 unspecified atom stereocenters. The van der Waals surface area contributed by atoms with Gasteiger partial charge in [0.15, 0.2) is 0 Å². The minimum absolute atomic E-state index is 0. The topological polar surface area (TPSA) is 84.7 Å². The third kappa shape index (κ3) is 3.75. The smallest absolute Gasteiger partial charge is 0.249 e. The summed E-state index contributed by atoms with van der Waals surface area (Å²) in [6, 6.07) is 2.58. The molecule has 3 N–H and O–H groups in total. The van der Waals surface area contributed by atoms with Crippen LogP contribution in [0.5, 0.6) is 0 Å². The molecule has 0 saturated carbocycles. The van der Waals surface area contributed by atoms with E-state index in [2.05, 4.69) is 5.32 Å². The molecule has 0 spiro atoms. The van der Waals surface area contributed by atoms with Gasteiger partial charge in [0.25, 0.3) is 0 Å². The van der Waals surface area contributed by atoms with E-state index < -0.39 is 35.0 Å². The second kappa shape index (κ2) is 7.63. The van der Waals surface area contributed by atoms with Gasteiger partial charge in [-0.1, -0.05) is 6.07 Å². The number of carbonyl (C=O) groups excluding carboxylic acids is 2. The van der Waals surface area contributed by atoms with Gasteiger partial charge < -0.3 is 20.7 Å². The number of carbonyl (C=O) groups is 2. The molecule has 1 aromatic rings. The summed E-state index contributed by atoms with van der Waals surface area (Å²) in [6.07, 6.45) is 1.00. The Balaban J connectivity index is 0.00000225. The third-order valence-electron chi connectivity index (χ3n) is 4.56. The fourth-order valence-electron chi connectivity index (χ4n) is 3.05. The molecule has 0 bridgehead atoms. The maximum Gasteiger partial charge on any atom is 0.249 e. The Kier molecular flexibility index (Phi) is 5.97. The number of nitrogens with two attached hydrogens (primary N) is 1. The number of hydrogen-bond donors (Lipinski definition) is 2. The van der Waals surface area contributed by atoms with Crippen molar-refractivity contribution in [3.05, 3.63) is 29.8 Å². The number of nitrogens with one attached hydrogen (secondary N) is 1. The molecular formula is C16H20ClF2N3O3. The number of ether oxygens (including phenoxy) is 1. The lowest BCUT2D eigenvalue weighted by molar-refractivity contribution is -0.132. The summed E-state index contributed by atoms with van der Waals surface area (Å²) in [5.74, 6) is -2.59. The zero-order valence-electron chi connectivity index (χ0n) is 13.5. The SMILES string of the molecule is Cl.NC1(C(=O)NC2CCN(c3c(F)cccc3F)C2=O)CCOCC1. The van der Waals surface area contributed by atoms with Crippen molar-refractivity contribution in [3.8, 4) is 0 Å². The predicted octanol–water partition coefficient (Wildman–Crippen LogP) is 1.12. The number of halogens is 3. The molecule has 2 amide bonds. The molecule has 3 rings (SSSR count). The number of rotatable bonds is 3. The van der Waals surface area contributed by atoms with Crippen molar-refractivity contribution in [2.24, 2.45) is 5.73 Å². The Morgan fingerprint density at radius 2 is 1.88 bits per heavy atom. The van der Waals surface area contributed by atoms with Crippen LogP contribution in [0.1, 0.15) is 19.3 Å². The summed E-state index contributed by atoms with van der Waals surface area (Å²) in [5.41, 5.74) is 4.63. The van der Waals surface area contributed by atoms with Crippen LogP contribution >= 0.6 is 12.4 Å². The van der Waals surface area contributed by atoms with Crippen LogP contribution in [0.15, 0.2) is 18.2 Å². The lowest BCUT2D eigenvalue weighted by Gasteiger charge is -2.32. The highest BCUT2D eigenvalue weighted by Gasteiger charge is 2.41. The number of para-hydroxylation sites is 1. The zero-order valence-corrected chi connectivity index (χ0v) is 14.3. The first-order chi connectivity index (χ1) is 11.4. The first-order valence-corrected chi connectivity index (χ1v) is 7.85. The van der Waals surface area contributed by atoms with E-state index in [1.165, 1.54) is 6.07 Å². The van der Waals surface area contributed by atoms with Gasteiger partial charge in [0.05, 0.1) is 5.54 Å². The summed E-state index contributed by atoms with van der Waals surface area (Å²) in [4.78, 5) is 25.9. The first kappa shape index (κ1) is 19.6. The van der Waals surface area contributed by atoms with E-state index in [0.29, 0.717) is 26.1 Å². The molecular weight excluding hydrogens is 356 g/mol. The van der Waals surface area contributed by atoms with Crippen molar-refractivity contribution in [2.45, 2.75) is 30.8 Å². The van der Waals surface area contributed by atoms with Crippen molar-refractivity contribution >= 4 is 29.9 Å². The summed E-state index contributed by atoms with van der Waals surface area (Å²) in [5, 5.41) is 2.62. The van der Waals surface area contributed by atoms with Crippen LogP contribution in [0, 0.1) is 11.6 Å². The number of benzene rings is 1. The molecule has 1 atom stereocenters. The second-order valence-electron chi connectivity index (χ2n) is 6.14. The van der Waals surface area contributed by atoms with Crippen LogP contribution < -0.4 is 16.0 Å². The molecule has 1 aromatic carbocycles. The highest BCUT2D eigenvalue weighted by atomic mass is 35.5. The zero-order chi connectivity index (χ0) is 17.3. The Morgan fingerprint density at radius 1 is 1.28 bits per heavy atom. The summed E-state index contributed by atoms with van der Waals surface area (Å²) in [6.45, 7) is 0.895. The molecule has 0 aliphatic carbocycles. The molecule has 6 nitrogen and oxygen atoms in total. The summed E-state index contributed by atoms with van der Waals surface area (Å²) in [7, 11) is 0. The van der Waals surface area contributed by atoms with Crippen molar-refractivity contribution in [3.63, 3.8) is 0 Å². The van der Waals surface area contributed by atoms with Crippen LogP contribution in [0.4, 0.5) is 14.5 Å². The van der Waals surface area contributed by atoms with Gasteiger partial charge in [-0.05, 0) is 31.4 Å². The molecule has 0 aromatic heterocycles. The van der Waals surface area contributed by atoms with E-state index in [1.54, 1.807) is 0 Å². The molecule has 2 aliphatic rings. The Morgan fingerprint density at radius 3 is 2.48 bits per heavy atom. The summed E-state index contributed by atoms with van der Waals surface area (Å²) >= 11 is 0. The number of hydrogen-bond acceptors (Lipinski definition) is 4. The molecule has 25 heavy (non-hydrogen) atoms. The fraction of sp³-hybridized carbons (Fsp3) is 0.500. The monoisotopic (exact) mass is 375 g/mol. The van der Waals surface area contributed by atoms with Gasteiger partial charge in [-0.3, -0.25) is 9.59 Å². The number of amides is 2. The normalized spacial score (nSPS) is 22.4. The van der Waals surface area contributed by atoms with Crippen LogP contribution in [0.25, 0.3) is 0 Å². The van der Waals surface area contributed by atoms with E-state index in [-0.39, 0.29) is 31.1 Å². The number of nitrogens with zero attached hydrogens (tertiary/aromatic N) is 1. The van der Waals surface area contributed by atoms with Gasteiger partial charge in [-0.25, -0.2) is 8.78 Å². The van der Waals surface area contributed by atoms with Crippen molar-refractivity contribution in [2.75, 3.05) is 24.7 Å². The third-order valence-corrected chi connectivity index (χ3v) is 4.56. The number of anilines is 1. The molecule has 138 valence electrons. The van der Waals surface area contributed by atoms with Gasteiger partial charge >= 0.3 is 0 Å². The van der Waals surface area contributed by atoms with E-state index in [0.717, 1.165) is 17.0 Å². The quantitative estimate of drug-likeness (QED) is 0.829. The molecule has 0 radical (unpaired) electrons. The van der Waals surface area contributed by atoms with Gasteiger partial charge in [0.2, 0.25) is 11.8 Å². The van der Waals surface area contributed by atoms with E-state index >= 15 is 0 Å².